The van der Waals surface area contributed by atoms with Crippen LogP contribution in [0.4, 0.5) is 5.82 Å². The first-order chi connectivity index (χ1) is 10.1. The van der Waals surface area contributed by atoms with Gasteiger partial charge in [-0.05, 0) is 41.1 Å². The van der Waals surface area contributed by atoms with Crippen molar-refractivity contribution < 1.29 is 4.79 Å². The molecule has 3 aromatic rings. The van der Waals surface area contributed by atoms with Gasteiger partial charge in [-0.2, -0.15) is 5.10 Å². The van der Waals surface area contributed by atoms with Gasteiger partial charge < -0.3 is 10.3 Å². The van der Waals surface area contributed by atoms with E-state index in [9.17, 15) is 4.79 Å². The van der Waals surface area contributed by atoms with E-state index in [0.29, 0.717) is 11.5 Å². The number of halogens is 1. The van der Waals surface area contributed by atoms with Gasteiger partial charge in [0.2, 0.25) is 0 Å². The Hall–Kier alpha value is -2.34. The van der Waals surface area contributed by atoms with Crippen molar-refractivity contribution in [2.75, 3.05) is 5.32 Å². The maximum absolute atomic E-state index is 12.2. The monoisotopic (exact) mass is 344 g/mol. The summed E-state index contributed by atoms with van der Waals surface area (Å²) in [6, 6.07) is 13.2. The van der Waals surface area contributed by atoms with Gasteiger partial charge in [0.25, 0.3) is 5.91 Å². The number of nitrogens with one attached hydrogen (secondary N) is 2. The molecular weight excluding hydrogens is 332 g/mol. The van der Waals surface area contributed by atoms with Crippen LogP contribution in [0.5, 0.6) is 0 Å². The van der Waals surface area contributed by atoms with Crippen LogP contribution in [0.3, 0.4) is 0 Å². The number of benzene rings is 1. The molecule has 3 rings (SSSR count). The SMILES string of the molecule is Cc1cc(NC(=O)c2cc(Br)c[nH]2)n(-c2ccccc2)n1. The van der Waals surface area contributed by atoms with E-state index in [-0.39, 0.29) is 5.91 Å². The first kappa shape index (κ1) is 13.6. The molecule has 2 heterocycles. The summed E-state index contributed by atoms with van der Waals surface area (Å²) in [4.78, 5) is 15.1. The Bertz CT molecular complexity index is 776. The number of hydrogen-bond acceptors (Lipinski definition) is 2. The molecule has 0 atom stereocenters. The summed E-state index contributed by atoms with van der Waals surface area (Å²) >= 11 is 3.31. The Balaban J connectivity index is 1.91. The Morgan fingerprint density at radius 3 is 2.71 bits per heavy atom. The van der Waals surface area contributed by atoms with Crippen molar-refractivity contribution in [3.8, 4) is 5.69 Å². The van der Waals surface area contributed by atoms with Crippen LogP contribution in [0.15, 0.2) is 53.1 Å². The first-order valence-corrected chi connectivity index (χ1v) is 7.20. The summed E-state index contributed by atoms with van der Waals surface area (Å²) in [5, 5.41) is 7.28. The average Bonchev–Trinajstić information content (AvgIpc) is 3.06. The third kappa shape index (κ3) is 2.90. The number of H-pyrrole nitrogens is 1. The summed E-state index contributed by atoms with van der Waals surface area (Å²) in [6.45, 7) is 1.89. The number of amides is 1. The van der Waals surface area contributed by atoms with Crippen molar-refractivity contribution in [2.24, 2.45) is 0 Å². The Labute approximate surface area is 130 Å². The Morgan fingerprint density at radius 2 is 2.05 bits per heavy atom. The quantitative estimate of drug-likeness (QED) is 0.763. The second kappa shape index (κ2) is 5.57. The lowest BCUT2D eigenvalue weighted by Crippen LogP contribution is -2.15. The van der Waals surface area contributed by atoms with Crippen molar-refractivity contribution >= 4 is 27.7 Å². The number of carbonyl (C=O) groups excluding carboxylic acids is 1. The van der Waals surface area contributed by atoms with Gasteiger partial charge in [0.05, 0.1) is 11.4 Å². The van der Waals surface area contributed by atoms with Gasteiger partial charge >= 0.3 is 0 Å². The highest BCUT2D eigenvalue weighted by molar-refractivity contribution is 9.10. The predicted molar refractivity (Wildman–Crippen MR) is 84.7 cm³/mol. The molecule has 2 aromatic heterocycles. The van der Waals surface area contributed by atoms with Gasteiger partial charge in [0, 0.05) is 16.7 Å². The first-order valence-electron chi connectivity index (χ1n) is 6.41. The number of para-hydroxylation sites is 1. The summed E-state index contributed by atoms with van der Waals surface area (Å²) < 4.78 is 2.55. The number of rotatable bonds is 3. The summed E-state index contributed by atoms with van der Waals surface area (Å²) in [7, 11) is 0. The molecule has 1 amide bonds. The lowest BCUT2D eigenvalue weighted by Gasteiger charge is -2.08. The standard InChI is InChI=1S/C15H13BrN4O/c1-10-7-14(18-15(21)13-8-11(16)9-17-13)20(19-10)12-5-3-2-4-6-12/h2-9,17H,1H3,(H,18,21). The van der Waals surface area contributed by atoms with Crippen LogP contribution in [-0.4, -0.2) is 20.7 Å². The molecule has 0 spiro atoms. The zero-order chi connectivity index (χ0) is 14.8. The van der Waals surface area contributed by atoms with E-state index in [0.717, 1.165) is 15.9 Å². The Kier molecular flexibility index (Phi) is 3.62. The highest BCUT2D eigenvalue weighted by atomic mass is 79.9. The fraction of sp³-hybridized carbons (Fsp3) is 0.0667. The molecule has 6 heteroatoms. The third-order valence-electron chi connectivity index (χ3n) is 2.97. The van der Waals surface area contributed by atoms with E-state index >= 15 is 0 Å². The number of anilines is 1. The fourth-order valence-corrected chi connectivity index (χ4v) is 2.38. The zero-order valence-electron chi connectivity index (χ0n) is 11.3. The van der Waals surface area contributed by atoms with Gasteiger partial charge in [0.1, 0.15) is 11.5 Å². The number of aromatic amines is 1. The van der Waals surface area contributed by atoms with E-state index in [2.05, 4.69) is 31.3 Å². The molecule has 2 N–H and O–H groups in total. The fourth-order valence-electron chi connectivity index (χ4n) is 2.04. The summed E-state index contributed by atoms with van der Waals surface area (Å²) in [6.07, 6.45) is 1.72. The largest absolute Gasteiger partial charge is 0.356 e. The van der Waals surface area contributed by atoms with Crippen LogP contribution in [0.2, 0.25) is 0 Å². The molecule has 5 nitrogen and oxygen atoms in total. The minimum atomic E-state index is -0.210. The van der Waals surface area contributed by atoms with E-state index < -0.39 is 0 Å². The molecule has 106 valence electrons. The molecule has 0 saturated carbocycles. The smallest absolute Gasteiger partial charge is 0.273 e. The van der Waals surface area contributed by atoms with E-state index in [1.165, 1.54) is 0 Å². The number of nitrogens with zero attached hydrogens (tertiary/aromatic N) is 2. The van der Waals surface area contributed by atoms with Crippen LogP contribution in [0.1, 0.15) is 16.2 Å². The molecular formula is C15H13BrN4O. The molecule has 0 aliphatic carbocycles. The molecule has 0 radical (unpaired) electrons. The molecule has 21 heavy (non-hydrogen) atoms. The van der Waals surface area contributed by atoms with Crippen LogP contribution in [0.25, 0.3) is 5.69 Å². The highest BCUT2D eigenvalue weighted by Crippen LogP contribution is 2.18. The molecule has 0 aliphatic heterocycles. The molecule has 0 fully saturated rings. The second-order valence-corrected chi connectivity index (χ2v) is 5.52. The van der Waals surface area contributed by atoms with Crippen molar-refractivity contribution in [1.29, 1.82) is 0 Å². The lowest BCUT2D eigenvalue weighted by molar-refractivity contribution is 0.102. The summed E-state index contributed by atoms with van der Waals surface area (Å²) in [5.74, 6) is 0.423. The number of aromatic nitrogens is 3. The van der Waals surface area contributed by atoms with Crippen LogP contribution < -0.4 is 5.32 Å². The van der Waals surface area contributed by atoms with Gasteiger partial charge in [-0.3, -0.25) is 4.79 Å². The van der Waals surface area contributed by atoms with Crippen molar-refractivity contribution in [3.05, 3.63) is 64.5 Å². The number of carbonyl (C=O) groups is 1. The molecule has 0 bridgehead atoms. The van der Waals surface area contributed by atoms with E-state index in [1.807, 2.05) is 43.3 Å². The van der Waals surface area contributed by atoms with Crippen LogP contribution in [0, 0.1) is 6.92 Å². The van der Waals surface area contributed by atoms with Crippen molar-refractivity contribution in [2.45, 2.75) is 6.92 Å². The van der Waals surface area contributed by atoms with Gasteiger partial charge in [-0.1, -0.05) is 18.2 Å². The number of aryl methyl sites for hydroxylation is 1. The van der Waals surface area contributed by atoms with Crippen LogP contribution in [-0.2, 0) is 0 Å². The lowest BCUT2D eigenvalue weighted by atomic mass is 10.3. The zero-order valence-corrected chi connectivity index (χ0v) is 12.9. The predicted octanol–water partition coefficient (Wildman–Crippen LogP) is 3.52. The van der Waals surface area contributed by atoms with Crippen LogP contribution >= 0.6 is 15.9 Å². The normalized spacial score (nSPS) is 10.6. The molecule has 0 aliphatic rings. The van der Waals surface area contributed by atoms with E-state index in [4.69, 9.17) is 0 Å². The average molecular weight is 345 g/mol. The number of hydrogen-bond donors (Lipinski definition) is 2. The van der Waals surface area contributed by atoms with Gasteiger partial charge in [-0.15, -0.1) is 0 Å². The Morgan fingerprint density at radius 1 is 1.29 bits per heavy atom. The van der Waals surface area contributed by atoms with E-state index in [1.54, 1.807) is 16.9 Å². The molecule has 1 aromatic carbocycles. The minimum absolute atomic E-state index is 0.210. The maximum atomic E-state index is 12.2. The van der Waals surface area contributed by atoms with Gasteiger partial charge in [0.15, 0.2) is 0 Å². The van der Waals surface area contributed by atoms with Crippen molar-refractivity contribution in [3.63, 3.8) is 0 Å². The molecule has 0 unspecified atom stereocenters. The topological polar surface area (TPSA) is 62.7 Å². The third-order valence-corrected chi connectivity index (χ3v) is 3.42. The minimum Gasteiger partial charge on any atom is -0.356 e. The molecule has 0 saturated heterocycles. The maximum Gasteiger partial charge on any atom is 0.273 e. The summed E-state index contributed by atoms with van der Waals surface area (Å²) in [5.41, 5.74) is 2.22. The van der Waals surface area contributed by atoms with Gasteiger partial charge in [-0.25, -0.2) is 4.68 Å². The second-order valence-electron chi connectivity index (χ2n) is 4.60. The van der Waals surface area contributed by atoms with Crippen molar-refractivity contribution in [1.82, 2.24) is 14.8 Å². The highest BCUT2D eigenvalue weighted by Gasteiger charge is 2.13.